The summed E-state index contributed by atoms with van der Waals surface area (Å²) in [5.41, 5.74) is 4.01. The van der Waals surface area contributed by atoms with Crippen molar-refractivity contribution in [2.45, 2.75) is 38.5 Å². The third kappa shape index (κ3) is 12.8. The highest BCUT2D eigenvalue weighted by Crippen LogP contribution is 2.38. The van der Waals surface area contributed by atoms with Crippen molar-refractivity contribution in [1.29, 1.82) is 0 Å². The smallest absolute Gasteiger partial charge is 0.330 e. The van der Waals surface area contributed by atoms with Gasteiger partial charge in [-0.25, -0.2) is 9.59 Å². The second kappa shape index (κ2) is 20.5. The minimum atomic E-state index is -0.388. The quantitative estimate of drug-likeness (QED) is 0.0724. The van der Waals surface area contributed by atoms with Crippen molar-refractivity contribution in [3.8, 4) is 28.4 Å². The van der Waals surface area contributed by atoms with Gasteiger partial charge >= 0.3 is 11.9 Å². The molecule has 3 aromatic carbocycles. The lowest BCUT2D eigenvalue weighted by atomic mass is 10.0. The van der Waals surface area contributed by atoms with Gasteiger partial charge in [0, 0.05) is 12.2 Å². The molecule has 0 radical (unpaired) electrons. The predicted octanol–water partition coefficient (Wildman–Crippen LogP) is 7.46. The highest BCUT2D eigenvalue weighted by atomic mass is 16.5. The monoisotopic (exact) mass is 629 g/mol. The summed E-state index contributed by atoms with van der Waals surface area (Å²) in [5, 5.41) is 0. The van der Waals surface area contributed by atoms with Crippen LogP contribution in [0.5, 0.6) is 17.2 Å². The van der Waals surface area contributed by atoms with E-state index in [9.17, 15) is 9.59 Å². The summed E-state index contributed by atoms with van der Waals surface area (Å²) < 4.78 is 26.7. The third-order valence-corrected chi connectivity index (χ3v) is 7.39. The van der Waals surface area contributed by atoms with Crippen molar-refractivity contribution in [2.24, 2.45) is 0 Å². The Labute approximate surface area is 273 Å². The van der Waals surface area contributed by atoms with Crippen LogP contribution in [0, 0.1) is 0 Å². The first-order valence-corrected chi connectivity index (χ1v) is 15.8. The molecule has 0 aliphatic heterocycles. The maximum atomic E-state index is 12.1. The van der Waals surface area contributed by atoms with Gasteiger partial charge in [-0.2, -0.15) is 0 Å². The van der Waals surface area contributed by atoms with Crippen molar-refractivity contribution in [3.63, 3.8) is 0 Å². The second-order valence-corrected chi connectivity index (χ2v) is 10.9. The molecule has 0 aliphatic rings. The molecule has 8 nitrogen and oxygen atoms in total. The molecule has 0 N–H and O–H groups in total. The summed E-state index contributed by atoms with van der Waals surface area (Å²) in [5.74, 6) is 0.837. The largest absolute Gasteiger partial charge is 0.493 e. The van der Waals surface area contributed by atoms with Crippen LogP contribution in [0.4, 0.5) is 0 Å². The molecule has 0 bridgehead atoms. The van der Waals surface area contributed by atoms with Gasteiger partial charge in [-0.3, -0.25) is 0 Å². The number of methoxy groups -OCH3 is 3. The Morgan fingerprint density at radius 1 is 0.609 bits per heavy atom. The van der Waals surface area contributed by atoms with Gasteiger partial charge in [0.25, 0.3) is 0 Å². The molecule has 0 spiro atoms. The van der Waals surface area contributed by atoms with E-state index < -0.39 is 0 Å². The van der Waals surface area contributed by atoms with Gasteiger partial charge in [-0.05, 0) is 105 Å². The molecule has 246 valence electrons. The molecule has 0 heterocycles. The summed E-state index contributed by atoms with van der Waals surface area (Å²) in [6, 6.07) is 21.8. The first-order valence-electron chi connectivity index (χ1n) is 15.8. The average Bonchev–Trinajstić information content (AvgIpc) is 3.09. The molecule has 3 rings (SSSR count). The first kappa shape index (κ1) is 35.9. The van der Waals surface area contributed by atoms with E-state index in [2.05, 4.69) is 36.2 Å². The zero-order valence-corrected chi connectivity index (χ0v) is 27.5. The number of hydrogen-bond donors (Lipinski definition) is 0. The standard InChI is InChI=1S/C38H47NO7/c1-39(25-11-7-13-27-46-37(41)23-19-31-28-34(42-2)38(44-4)35(29-31)43-3)24-10-6-12-26-45-36(40)22-18-30-16-20-33(21-17-30)32-14-8-5-9-15-32/h5,8-9,14-23,28-29H,6-7,10-13,24-27H2,1-4H3/b22-18+,23-19+. The number of benzene rings is 3. The molecule has 0 aromatic heterocycles. The van der Waals surface area contributed by atoms with Gasteiger partial charge in [-0.15, -0.1) is 0 Å². The Hall–Kier alpha value is -4.56. The number of carbonyl (C=O) groups is 2. The molecule has 0 aliphatic carbocycles. The van der Waals surface area contributed by atoms with Crippen molar-refractivity contribution in [2.75, 3.05) is 54.7 Å². The van der Waals surface area contributed by atoms with Crippen molar-refractivity contribution >= 4 is 24.1 Å². The number of nitrogens with zero attached hydrogens (tertiary/aromatic N) is 1. The van der Waals surface area contributed by atoms with Crippen LogP contribution in [0.15, 0.2) is 78.9 Å². The molecule has 46 heavy (non-hydrogen) atoms. The van der Waals surface area contributed by atoms with Crippen molar-refractivity contribution in [1.82, 2.24) is 4.90 Å². The summed E-state index contributed by atoms with van der Waals surface area (Å²) in [4.78, 5) is 26.5. The molecular formula is C38H47NO7. The number of hydrogen-bond acceptors (Lipinski definition) is 8. The zero-order valence-electron chi connectivity index (χ0n) is 27.5. The Bertz CT molecular complexity index is 1380. The highest BCUT2D eigenvalue weighted by Gasteiger charge is 2.12. The molecule has 0 saturated heterocycles. The highest BCUT2D eigenvalue weighted by molar-refractivity contribution is 5.88. The molecule has 0 saturated carbocycles. The van der Waals surface area contributed by atoms with Gasteiger partial charge < -0.3 is 28.6 Å². The number of rotatable bonds is 20. The van der Waals surface area contributed by atoms with Gasteiger partial charge in [-0.1, -0.05) is 54.6 Å². The fraction of sp³-hybridized carbons (Fsp3) is 0.368. The van der Waals surface area contributed by atoms with Crippen LogP contribution in [0.25, 0.3) is 23.3 Å². The topological polar surface area (TPSA) is 83.5 Å². The number of carbonyl (C=O) groups excluding carboxylic acids is 2. The molecule has 3 aromatic rings. The minimum Gasteiger partial charge on any atom is -0.493 e. The van der Waals surface area contributed by atoms with E-state index in [4.69, 9.17) is 23.7 Å². The van der Waals surface area contributed by atoms with Crippen LogP contribution in [-0.4, -0.2) is 71.5 Å². The lowest BCUT2D eigenvalue weighted by molar-refractivity contribution is -0.138. The maximum Gasteiger partial charge on any atom is 0.330 e. The molecule has 0 unspecified atom stereocenters. The normalized spacial score (nSPS) is 11.2. The molecule has 0 fully saturated rings. The summed E-state index contributed by atoms with van der Waals surface area (Å²) >= 11 is 0. The Balaban J connectivity index is 1.19. The van der Waals surface area contributed by atoms with E-state index in [1.165, 1.54) is 17.7 Å². The molecular weight excluding hydrogens is 582 g/mol. The van der Waals surface area contributed by atoms with Crippen molar-refractivity contribution < 1.29 is 33.3 Å². The fourth-order valence-electron chi connectivity index (χ4n) is 4.82. The fourth-order valence-corrected chi connectivity index (χ4v) is 4.82. The minimum absolute atomic E-state index is 0.315. The lowest BCUT2D eigenvalue weighted by Gasteiger charge is -2.16. The van der Waals surface area contributed by atoms with E-state index in [0.29, 0.717) is 30.5 Å². The van der Waals surface area contributed by atoms with E-state index in [1.807, 2.05) is 30.3 Å². The summed E-state index contributed by atoms with van der Waals surface area (Å²) in [6.45, 7) is 2.79. The number of unbranched alkanes of at least 4 members (excludes halogenated alkanes) is 4. The van der Waals surface area contributed by atoms with E-state index in [1.54, 1.807) is 45.6 Å². The molecule has 0 amide bonds. The van der Waals surface area contributed by atoms with Gasteiger partial charge in [0.15, 0.2) is 11.5 Å². The maximum absolute atomic E-state index is 12.1. The van der Waals surface area contributed by atoms with E-state index in [0.717, 1.165) is 68.3 Å². The first-order chi connectivity index (χ1) is 22.4. The Kier molecular flexibility index (Phi) is 16.0. The van der Waals surface area contributed by atoms with Gasteiger partial charge in [0.05, 0.1) is 34.5 Å². The summed E-state index contributed by atoms with van der Waals surface area (Å²) in [7, 11) is 6.76. The number of ether oxygens (including phenoxy) is 5. The molecule has 0 atom stereocenters. The third-order valence-electron chi connectivity index (χ3n) is 7.39. The van der Waals surface area contributed by atoms with Crippen LogP contribution in [0.3, 0.4) is 0 Å². The molecule has 8 heteroatoms. The van der Waals surface area contributed by atoms with Gasteiger partial charge in [0.1, 0.15) is 0 Å². The SMILES string of the molecule is COc1cc(/C=C/C(=O)OCCCCCN(C)CCCCCOC(=O)/C=C/c2ccc(-c3ccccc3)cc2)cc(OC)c1OC. The van der Waals surface area contributed by atoms with Crippen molar-refractivity contribution in [3.05, 3.63) is 90.0 Å². The van der Waals surface area contributed by atoms with Crippen LogP contribution in [0.1, 0.15) is 49.7 Å². The predicted molar refractivity (Wildman–Crippen MR) is 183 cm³/mol. The van der Waals surface area contributed by atoms with E-state index >= 15 is 0 Å². The van der Waals surface area contributed by atoms with E-state index in [-0.39, 0.29) is 11.9 Å². The Morgan fingerprint density at radius 2 is 1.11 bits per heavy atom. The summed E-state index contributed by atoms with van der Waals surface area (Å²) in [6.07, 6.45) is 12.1. The Morgan fingerprint density at radius 3 is 1.61 bits per heavy atom. The number of esters is 2. The average molecular weight is 630 g/mol. The van der Waals surface area contributed by atoms with Gasteiger partial charge in [0.2, 0.25) is 5.75 Å². The van der Waals surface area contributed by atoms with Crippen LogP contribution in [-0.2, 0) is 19.1 Å². The van der Waals surface area contributed by atoms with Crippen LogP contribution in [0.2, 0.25) is 0 Å². The van der Waals surface area contributed by atoms with Crippen LogP contribution >= 0.6 is 0 Å². The second-order valence-electron chi connectivity index (χ2n) is 10.9. The van der Waals surface area contributed by atoms with Crippen LogP contribution < -0.4 is 14.2 Å². The lowest BCUT2D eigenvalue weighted by Crippen LogP contribution is -2.21. The zero-order chi connectivity index (χ0) is 33.0.